The summed E-state index contributed by atoms with van der Waals surface area (Å²) in [5.41, 5.74) is 1.48. The van der Waals surface area contributed by atoms with Gasteiger partial charge in [-0.05, 0) is 55.5 Å². The maximum Gasteiger partial charge on any atom is 0.129 e. The van der Waals surface area contributed by atoms with E-state index in [1.807, 2.05) is 18.2 Å². The largest absolute Gasteiger partial charge is 0.316 e. The van der Waals surface area contributed by atoms with Crippen molar-refractivity contribution in [3.8, 4) is 0 Å². The average molecular weight is 287 g/mol. The van der Waals surface area contributed by atoms with Crippen molar-refractivity contribution < 1.29 is 8.78 Å². The number of benzene rings is 2. The lowest BCUT2D eigenvalue weighted by Gasteiger charge is -2.33. The second kappa shape index (κ2) is 6.35. The minimum atomic E-state index is -0.417. The van der Waals surface area contributed by atoms with Crippen LogP contribution in [0, 0.1) is 17.6 Å². The molecule has 1 saturated heterocycles. The summed E-state index contributed by atoms with van der Waals surface area (Å²) in [6.07, 6.45) is 1.61. The Morgan fingerprint density at radius 1 is 0.952 bits per heavy atom. The minimum Gasteiger partial charge on any atom is -0.316 e. The molecule has 1 N–H and O–H groups in total. The first-order valence-corrected chi connectivity index (χ1v) is 7.44. The molecule has 21 heavy (non-hydrogen) atoms. The molecule has 1 aliphatic heterocycles. The van der Waals surface area contributed by atoms with Crippen LogP contribution in [-0.2, 0) is 6.42 Å². The Balaban J connectivity index is 1.88. The molecular weight excluding hydrogens is 268 g/mol. The summed E-state index contributed by atoms with van der Waals surface area (Å²) in [5, 5.41) is 3.35. The van der Waals surface area contributed by atoms with Gasteiger partial charge in [0.15, 0.2) is 0 Å². The van der Waals surface area contributed by atoms with Crippen molar-refractivity contribution >= 4 is 0 Å². The molecule has 2 unspecified atom stereocenters. The Labute approximate surface area is 124 Å². The van der Waals surface area contributed by atoms with Crippen LogP contribution in [0.1, 0.15) is 23.5 Å². The lowest BCUT2D eigenvalue weighted by molar-refractivity contribution is 0.309. The molecule has 2 aromatic carbocycles. The Morgan fingerprint density at radius 2 is 1.67 bits per heavy atom. The highest BCUT2D eigenvalue weighted by molar-refractivity contribution is 5.26. The van der Waals surface area contributed by atoms with Gasteiger partial charge in [0.25, 0.3) is 0 Å². The van der Waals surface area contributed by atoms with Crippen LogP contribution >= 0.6 is 0 Å². The van der Waals surface area contributed by atoms with Gasteiger partial charge in [-0.15, -0.1) is 0 Å². The van der Waals surface area contributed by atoms with E-state index in [4.69, 9.17) is 0 Å². The van der Waals surface area contributed by atoms with Gasteiger partial charge in [0, 0.05) is 5.56 Å². The normalized spacial score (nSPS) is 22.2. The molecule has 1 heterocycles. The van der Waals surface area contributed by atoms with Crippen molar-refractivity contribution in [3.05, 3.63) is 71.3 Å². The highest BCUT2D eigenvalue weighted by Gasteiger charge is 2.30. The Bertz CT molecular complexity index is 577. The fraction of sp³-hybridized carbons (Fsp3) is 0.333. The summed E-state index contributed by atoms with van der Waals surface area (Å²) in [4.78, 5) is 0. The zero-order valence-electron chi connectivity index (χ0n) is 11.9. The molecule has 0 amide bonds. The van der Waals surface area contributed by atoms with E-state index in [2.05, 4.69) is 17.4 Å². The van der Waals surface area contributed by atoms with E-state index >= 15 is 0 Å². The van der Waals surface area contributed by atoms with E-state index < -0.39 is 11.6 Å². The second-order valence-electron chi connectivity index (χ2n) is 5.68. The molecule has 1 nitrogen and oxygen atoms in total. The van der Waals surface area contributed by atoms with Crippen molar-refractivity contribution in [3.63, 3.8) is 0 Å². The van der Waals surface area contributed by atoms with Crippen LogP contribution in [-0.4, -0.2) is 13.1 Å². The highest BCUT2D eigenvalue weighted by atomic mass is 19.1. The van der Waals surface area contributed by atoms with E-state index in [0.717, 1.165) is 25.9 Å². The molecular formula is C18H19F2N. The molecule has 0 radical (unpaired) electrons. The first kappa shape index (κ1) is 14.2. The molecule has 2 atom stereocenters. The lowest BCUT2D eigenvalue weighted by Crippen LogP contribution is -2.37. The van der Waals surface area contributed by atoms with Gasteiger partial charge in [-0.3, -0.25) is 0 Å². The smallest absolute Gasteiger partial charge is 0.129 e. The zero-order valence-corrected chi connectivity index (χ0v) is 11.9. The third-order valence-electron chi connectivity index (χ3n) is 4.32. The van der Waals surface area contributed by atoms with E-state index in [9.17, 15) is 8.78 Å². The van der Waals surface area contributed by atoms with Crippen molar-refractivity contribution in [2.75, 3.05) is 13.1 Å². The zero-order chi connectivity index (χ0) is 14.7. The van der Waals surface area contributed by atoms with Gasteiger partial charge in [-0.1, -0.05) is 36.4 Å². The molecule has 1 fully saturated rings. The standard InChI is InChI=1S/C18H19F2N/c19-16-7-4-8-17(20)18(16)15-9-10-21-12-14(15)11-13-5-2-1-3-6-13/h1-8,14-15,21H,9-12H2. The highest BCUT2D eigenvalue weighted by Crippen LogP contribution is 2.35. The maximum absolute atomic E-state index is 14.1. The molecule has 0 spiro atoms. The number of hydrogen-bond donors (Lipinski definition) is 1. The van der Waals surface area contributed by atoms with Crippen molar-refractivity contribution in [1.82, 2.24) is 5.32 Å². The summed E-state index contributed by atoms with van der Waals surface area (Å²) < 4.78 is 28.2. The van der Waals surface area contributed by atoms with E-state index in [0.29, 0.717) is 0 Å². The lowest BCUT2D eigenvalue weighted by atomic mass is 9.77. The molecule has 110 valence electrons. The summed E-state index contributed by atoms with van der Waals surface area (Å²) in [6, 6.07) is 14.3. The number of halogens is 2. The SMILES string of the molecule is Fc1cccc(F)c1C1CCNCC1Cc1ccccc1. The molecule has 3 heteroatoms. The fourth-order valence-electron chi connectivity index (χ4n) is 3.30. The van der Waals surface area contributed by atoms with E-state index in [1.54, 1.807) is 0 Å². The molecule has 0 saturated carbocycles. The quantitative estimate of drug-likeness (QED) is 0.902. The van der Waals surface area contributed by atoms with Crippen LogP contribution in [0.5, 0.6) is 0 Å². The predicted octanol–water partition coefficient (Wildman–Crippen LogP) is 3.90. The van der Waals surface area contributed by atoms with Gasteiger partial charge in [-0.2, -0.15) is 0 Å². The molecule has 0 bridgehead atoms. The number of hydrogen-bond acceptors (Lipinski definition) is 1. The molecule has 3 rings (SSSR count). The maximum atomic E-state index is 14.1. The van der Waals surface area contributed by atoms with Gasteiger partial charge in [0.2, 0.25) is 0 Å². The topological polar surface area (TPSA) is 12.0 Å². The molecule has 0 aromatic heterocycles. The van der Waals surface area contributed by atoms with Gasteiger partial charge < -0.3 is 5.32 Å². The van der Waals surface area contributed by atoms with Gasteiger partial charge in [-0.25, -0.2) is 8.78 Å². The summed E-state index contributed by atoms with van der Waals surface area (Å²) >= 11 is 0. The summed E-state index contributed by atoms with van der Waals surface area (Å²) in [5.74, 6) is -0.680. The fourth-order valence-corrected chi connectivity index (χ4v) is 3.30. The van der Waals surface area contributed by atoms with Crippen LogP contribution in [0.3, 0.4) is 0 Å². The van der Waals surface area contributed by atoms with Crippen molar-refractivity contribution in [2.45, 2.75) is 18.8 Å². The van der Waals surface area contributed by atoms with E-state index in [1.165, 1.54) is 23.8 Å². The van der Waals surface area contributed by atoms with Crippen LogP contribution in [0.25, 0.3) is 0 Å². The van der Waals surface area contributed by atoms with Crippen LogP contribution < -0.4 is 5.32 Å². The average Bonchev–Trinajstić information content (AvgIpc) is 2.50. The third kappa shape index (κ3) is 3.13. The summed E-state index contributed by atoms with van der Waals surface area (Å²) in [7, 11) is 0. The first-order chi connectivity index (χ1) is 10.3. The minimum absolute atomic E-state index is 0.0624. The monoisotopic (exact) mass is 287 g/mol. The van der Waals surface area contributed by atoms with Crippen LogP contribution in [0.15, 0.2) is 48.5 Å². The predicted molar refractivity (Wildman–Crippen MR) is 80.2 cm³/mol. The van der Waals surface area contributed by atoms with Crippen LogP contribution in [0.4, 0.5) is 8.78 Å². The molecule has 0 aliphatic carbocycles. The third-order valence-corrected chi connectivity index (χ3v) is 4.32. The van der Waals surface area contributed by atoms with Gasteiger partial charge in [0.1, 0.15) is 11.6 Å². The number of rotatable bonds is 3. The van der Waals surface area contributed by atoms with E-state index in [-0.39, 0.29) is 17.4 Å². The van der Waals surface area contributed by atoms with Gasteiger partial charge in [0.05, 0.1) is 0 Å². The van der Waals surface area contributed by atoms with Crippen LogP contribution in [0.2, 0.25) is 0 Å². The number of nitrogens with one attached hydrogen (secondary N) is 1. The number of piperidine rings is 1. The Hall–Kier alpha value is -1.74. The molecule has 1 aliphatic rings. The Morgan fingerprint density at radius 3 is 2.38 bits per heavy atom. The first-order valence-electron chi connectivity index (χ1n) is 7.44. The van der Waals surface area contributed by atoms with Crippen molar-refractivity contribution in [1.29, 1.82) is 0 Å². The second-order valence-corrected chi connectivity index (χ2v) is 5.68. The summed E-state index contributed by atoms with van der Waals surface area (Å²) in [6.45, 7) is 1.61. The van der Waals surface area contributed by atoms with Gasteiger partial charge >= 0.3 is 0 Å². The van der Waals surface area contributed by atoms with Crippen molar-refractivity contribution in [2.24, 2.45) is 5.92 Å². The Kier molecular flexibility index (Phi) is 4.30. The molecule has 2 aromatic rings.